The standard InChI is InChI=1S/C6H12O3/c7-4-1-2-6(9)3-5-8/h2,7-9H,1,3-5H2. The third kappa shape index (κ3) is 5.33. The van der Waals surface area contributed by atoms with Crippen molar-refractivity contribution in [3.05, 3.63) is 11.8 Å². The summed E-state index contributed by atoms with van der Waals surface area (Å²) in [5.74, 6) is 0.145. The Balaban J connectivity index is 3.30. The Morgan fingerprint density at radius 2 is 1.89 bits per heavy atom. The molecule has 0 amide bonds. The Kier molecular flexibility index (Phi) is 5.26. The lowest BCUT2D eigenvalue weighted by Crippen LogP contribution is -1.88. The molecule has 0 saturated carbocycles. The van der Waals surface area contributed by atoms with Crippen molar-refractivity contribution >= 4 is 0 Å². The topological polar surface area (TPSA) is 60.7 Å². The summed E-state index contributed by atoms with van der Waals surface area (Å²) < 4.78 is 0. The van der Waals surface area contributed by atoms with E-state index >= 15 is 0 Å². The highest BCUT2D eigenvalue weighted by Crippen LogP contribution is 1.95. The summed E-state index contributed by atoms with van der Waals surface area (Å²) in [7, 11) is 0. The Morgan fingerprint density at radius 1 is 1.22 bits per heavy atom. The molecule has 0 aromatic heterocycles. The molecule has 0 fully saturated rings. The van der Waals surface area contributed by atoms with Crippen LogP contribution in [0.25, 0.3) is 0 Å². The maximum Gasteiger partial charge on any atom is 0.0906 e. The van der Waals surface area contributed by atoms with Crippen molar-refractivity contribution in [2.75, 3.05) is 13.2 Å². The van der Waals surface area contributed by atoms with Gasteiger partial charge in [-0.25, -0.2) is 0 Å². The quantitative estimate of drug-likeness (QED) is 0.478. The molecule has 0 unspecified atom stereocenters. The summed E-state index contributed by atoms with van der Waals surface area (Å²) in [5, 5.41) is 25.3. The minimum absolute atomic E-state index is 0.0372. The molecule has 0 rings (SSSR count). The van der Waals surface area contributed by atoms with Gasteiger partial charge in [0, 0.05) is 13.0 Å². The zero-order valence-electron chi connectivity index (χ0n) is 5.25. The molecule has 0 aliphatic rings. The van der Waals surface area contributed by atoms with Gasteiger partial charge in [-0.3, -0.25) is 0 Å². The molecule has 0 atom stereocenters. The van der Waals surface area contributed by atoms with Gasteiger partial charge in [0.2, 0.25) is 0 Å². The van der Waals surface area contributed by atoms with Crippen molar-refractivity contribution in [2.45, 2.75) is 12.8 Å². The van der Waals surface area contributed by atoms with Crippen LogP contribution < -0.4 is 0 Å². The second-order valence-corrected chi connectivity index (χ2v) is 1.68. The molecular weight excluding hydrogens is 120 g/mol. The SMILES string of the molecule is OCCC=C(O)CCO. The zero-order valence-corrected chi connectivity index (χ0v) is 5.25. The van der Waals surface area contributed by atoms with E-state index in [0.29, 0.717) is 6.42 Å². The monoisotopic (exact) mass is 132 g/mol. The van der Waals surface area contributed by atoms with E-state index in [1.165, 1.54) is 6.08 Å². The third-order valence-electron chi connectivity index (χ3n) is 0.877. The molecule has 3 nitrogen and oxygen atoms in total. The molecule has 0 radical (unpaired) electrons. The van der Waals surface area contributed by atoms with Crippen LogP contribution in [0.2, 0.25) is 0 Å². The van der Waals surface area contributed by atoms with Gasteiger partial charge in [0.05, 0.1) is 12.4 Å². The first kappa shape index (κ1) is 8.46. The maximum absolute atomic E-state index is 8.77. The van der Waals surface area contributed by atoms with Crippen molar-refractivity contribution < 1.29 is 15.3 Å². The van der Waals surface area contributed by atoms with E-state index in [2.05, 4.69) is 0 Å². The predicted molar refractivity (Wildman–Crippen MR) is 34.1 cm³/mol. The minimum atomic E-state index is -0.0479. The van der Waals surface area contributed by atoms with Gasteiger partial charge < -0.3 is 15.3 Å². The van der Waals surface area contributed by atoms with Crippen LogP contribution >= 0.6 is 0 Å². The third-order valence-corrected chi connectivity index (χ3v) is 0.877. The fourth-order valence-corrected chi connectivity index (χ4v) is 0.448. The fraction of sp³-hybridized carbons (Fsp3) is 0.667. The number of hydrogen-bond donors (Lipinski definition) is 3. The molecule has 0 spiro atoms. The number of hydrogen-bond acceptors (Lipinski definition) is 3. The van der Waals surface area contributed by atoms with Crippen LogP contribution in [-0.4, -0.2) is 28.5 Å². The first-order chi connectivity index (χ1) is 4.31. The molecule has 0 saturated heterocycles. The van der Waals surface area contributed by atoms with Gasteiger partial charge in [-0.15, -0.1) is 0 Å². The highest BCUT2D eigenvalue weighted by atomic mass is 16.3. The molecule has 0 aliphatic heterocycles. The van der Waals surface area contributed by atoms with E-state index in [0.717, 1.165) is 0 Å². The fourth-order valence-electron chi connectivity index (χ4n) is 0.448. The van der Waals surface area contributed by atoms with Crippen LogP contribution in [0.15, 0.2) is 11.8 Å². The summed E-state index contributed by atoms with van der Waals surface area (Å²) in [6, 6.07) is 0. The van der Waals surface area contributed by atoms with Crippen molar-refractivity contribution in [2.24, 2.45) is 0 Å². The Morgan fingerprint density at radius 3 is 2.33 bits per heavy atom. The van der Waals surface area contributed by atoms with Crippen molar-refractivity contribution in [3.63, 3.8) is 0 Å². The van der Waals surface area contributed by atoms with Crippen LogP contribution in [0.4, 0.5) is 0 Å². The summed E-state index contributed by atoms with van der Waals surface area (Å²) in [6.07, 6.45) is 2.22. The largest absolute Gasteiger partial charge is 0.513 e. The van der Waals surface area contributed by atoms with E-state index in [1.807, 2.05) is 0 Å². The molecule has 3 heteroatoms. The van der Waals surface area contributed by atoms with Crippen molar-refractivity contribution in [3.8, 4) is 0 Å². The molecule has 54 valence electrons. The van der Waals surface area contributed by atoms with Crippen molar-refractivity contribution in [1.82, 2.24) is 0 Å². The van der Waals surface area contributed by atoms with E-state index in [9.17, 15) is 0 Å². The lowest BCUT2D eigenvalue weighted by Gasteiger charge is -1.93. The van der Waals surface area contributed by atoms with E-state index in [-0.39, 0.29) is 25.4 Å². The number of aliphatic hydroxyl groups excluding tert-OH is 3. The highest BCUT2D eigenvalue weighted by Gasteiger charge is 1.88. The summed E-state index contributed by atoms with van der Waals surface area (Å²) in [6.45, 7) is -0.0107. The first-order valence-corrected chi connectivity index (χ1v) is 2.91. The maximum atomic E-state index is 8.77. The van der Waals surface area contributed by atoms with Gasteiger partial charge >= 0.3 is 0 Å². The van der Waals surface area contributed by atoms with E-state index in [4.69, 9.17) is 15.3 Å². The van der Waals surface area contributed by atoms with Gasteiger partial charge in [0.1, 0.15) is 0 Å². The average Bonchev–Trinajstić information content (AvgIpc) is 1.85. The summed E-state index contributed by atoms with van der Waals surface area (Å²) in [4.78, 5) is 0. The molecule has 0 aliphatic carbocycles. The first-order valence-electron chi connectivity index (χ1n) is 2.91. The van der Waals surface area contributed by atoms with E-state index < -0.39 is 0 Å². The normalized spacial score (nSPS) is 12.0. The summed E-state index contributed by atoms with van der Waals surface area (Å²) in [5.41, 5.74) is 0. The smallest absolute Gasteiger partial charge is 0.0906 e. The van der Waals surface area contributed by atoms with Crippen molar-refractivity contribution in [1.29, 1.82) is 0 Å². The van der Waals surface area contributed by atoms with Gasteiger partial charge in [0.25, 0.3) is 0 Å². The lowest BCUT2D eigenvalue weighted by atomic mass is 10.3. The van der Waals surface area contributed by atoms with Crippen LogP contribution in [-0.2, 0) is 0 Å². The minimum Gasteiger partial charge on any atom is -0.513 e. The van der Waals surface area contributed by atoms with E-state index in [1.54, 1.807) is 0 Å². The second-order valence-electron chi connectivity index (χ2n) is 1.68. The van der Waals surface area contributed by atoms with Crippen LogP contribution in [0.5, 0.6) is 0 Å². The second kappa shape index (κ2) is 5.59. The molecule has 0 aromatic carbocycles. The lowest BCUT2D eigenvalue weighted by molar-refractivity contribution is 0.264. The number of aliphatic hydroxyl groups is 3. The van der Waals surface area contributed by atoms with Crippen LogP contribution in [0, 0.1) is 0 Å². The predicted octanol–water partition coefficient (Wildman–Crippen LogP) is 0.193. The summed E-state index contributed by atoms with van der Waals surface area (Å²) >= 11 is 0. The molecule has 9 heavy (non-hydrogen) atoms. The van der Waals surface area contributed by atoms with Gasteiger partial charge in [-0.2, -0.15) is 0 Å². The zero-order chi connectivity index (χ0) is 7.11. The molecule has 0 aromatic rings. The molecule has 0 bridgehead atoms. The highest BCUT2D eigenvalue weighted by molar-refractivity contribution is 4.89. The van der Waals surface area contributed by atoms with Gasteiger partial charge in [-0.1, -0.05) is 0 Å². The average molecular weight is 132 g/mol. The molecular formula is C6H12O3. The van der Waals surface area contributed by atoms with Crippen LogP contribution in [0.3, 0.4) is 0 Å². The van der Waals surface area contributed by atoms with Crippen LogP contribution in [0.1, 0.15) is 12.8 Å². The Hall–Kier alpha value is -0.540. The molecule has 3 N–H and O–H groups in total. The Bertz CT molecular complexity index is 88.3. The van der Waals surface area contributed by atoms with Gasteiger partial charge in [0.15, 0.2) is 0 Å². The number of rotatable bonds is 4. The van der Waals surface area contributed by atoms with Gasteiger partial charge in [-0.05, 0) is 12.5 Å². The molecule has 0 heterocycles. The Labute approximate surface area is 54.3 Å².